The fourth-order valence-corrected chi connectivity index (χ4v) is 2.92. The number of nitrogens with two attached hydrogens (primary N) is 1. The van der Waals surface area contributed by atoms with E-state index in [4.69, 9.17) is 10.5 Å². The highest BCUT2D eigenvalue weighted by molar-refractivity contribution is 5.91. The number of benzene rings is 1. The molecule has 0 saturated heterocycles. The smallest absolute Gasteiger partial charge is 0.338 e. The number of esters is 1. The van der Waals surface area contributed by atoms with Gasteiger partial charge in [-0.3, -0.25) is 4.90 Å². The van der Waals surface area contributed by atoms with E-state index in [1.165, 1.54) is 12.7 Å². The fraction of sp³-hybridized carbons (Fsp3) is 0.294. The van der Waals surface area contributed by atoms with Crippen LogP contribution < -0.4 is 5.73 Å². The number of carbonyl (C=O) groups excluding carboxylic acids is 1. The summed E-state index contributed by atoms with van der Waals surface area (Å²) in [6.45, 7) is 2.49. The Bertz CT molecular complexity index is 700. The average Bonchev–Trinajstić information content (AvgIpc) is 2.53. The molecule has 2 N–H and O–H groups in total. The number of nitrogen functional groups attached to an aromatic ring is 1. The molecule has 1 aromatic carbocycles. The average molecular weight is 297 g/mol. The Balaban J connectivity index is 1.82. The Morgan fingerprint density at radius 3 is 3.05 bits per heavy atom. The standard InChI is InChI=1S/C17H19N3O2/c1-22-17(21)14-4-2-3-13-6-8-20(11-15(13)14)10-12-5-7-19-16(18)9-12/h2-5,7,9H,6,8,10-11H2,1H3,(H2,18,19). The van der Waals surface area contributed by atoms with E-state index >= 15 is 0 Å². The van der Waals surface area contributed by atoms with Gasteiger partial charge < -0.3 is 10.5 Å². The molecule has 1 aliphatic heterocycles. The molecule has 3 rings (SSSR count). The Labute approximate surface area is 129 Å². The first-order valence-corrected chi connectivity index (χ1v) is 7.29. The first-order chi connectivity index (χ1) is 10.7. The summed E-state index contributed by atoms with van der Waals surface area (Å²) in [5, 5.41) is 0. The van der Waals surface area contributed by atoms with Crippen molar-refractivity contribution in [2.45, 2.75) is 19.5 Å². The van der Waals surface area contributed by atoms with Gasteiger partial charge in [-0.1, -0.05) is 12.1 Å². The molecule has 2 aromatic rings. The van der Waals surface area contributed by atoms with E-state index in [0.717, 1.165) is 37.2 Å². The summed E-state index contributed by atoms with van der Waals surface area (Å²) >= 11 is 0. The van der Waals surface area contributed by atoms with Crippen molar-refractivity contribution in [3.63, 3.8) is 0 Å². The van der Waals surface area contributed by atoms with Gasteiger partial charge in [0, 0.05) is 25.8 Å². The lowest BCUT2D eigenvalue weighted by Gasteiger charge is -2.29. The van der Waals surface area contributed by atoms with E-state index in [2.05, 4.69) is 16.0 Å². The minimum Gasteiger partial charge on any atom is -0.465 e. The van der Waals surface area contributed by atoms with Crippen molar-refractivity contribution < 1.29 is 9.53 Å². The summed E-state index contributed by atoms with van der Waals surface area (Å²) in [5.74, 6) is 0.261. The molecular weight excluding hydrogens is 278 g/mol. The predicted octanol–water partition coefficient (Wildman–Crippen LogP) is 2.01. The van der Waals surface area contributed by atoms with E-state index < -0.39 is 0 Å². The molecule has 0 amide bonds. The maximum absolute atomic E-state index is 11.9. The first-order valence-electron chi connectivity index (χ1n) is 7.29. The van der Waals surface area contributed by atoms with Crippen LogP contribution in [0.2, 0.25) is 0 Å². The topological polar surface area (TPSA) is 68.5 Å². The van der Waals surface area contributed by atoms with Crippen molar-refractivity contribution in [2.75, 3.05) is 19.4 Å². The van der Waals surface area contributed by atoms with Crippen molar-refractivity contribution in [1.29, 1.82) is 0 Å². The number of fused-ring (bicyclic) bond motifs is 1. The van der Waals surface area contributed by atoms with Gasteiger partial charge in [-0.05, 0) is 41.3 Å². The second-order valence-electron chi connectivity index (χ2n) is 5.48. The zero-order valence-corrected chi connectivity index (χ0v) is 12.6. The SMILES string of the molecule is COC(=O)c1cccc2c1CN(Cc1ccnc(N)c1)CC2. The maximum Gasteiger partial charge on any atom is 0.338 e. The van der Waals surface area contributed by atoms with Crippen molar-refractivity contribution in [1.82, 2.24) is 9.88 Å². The summed E-state index contributed by atoms with van der Waals surface area (Å²) in [6.07, 6.45) is 2.66. The minimum atomic E-state index is -0.271. The molecule has 0 bridgehead atoms. The molecule has 114 valence electrons. The van der Waals surface area contributed by atoms with Crippen LogP contribution in [0.1, 0.15) is 27.0 Å². The molecule has 0 aliphatic carbocycles. The van der Waals surface area contributed by atoms with Crippen LogP contribution in [0.4, 0.5) is 5.82 Å². The number of ether oxygens (including phenoxy) is 1. The van der Waals surface area contributed by atoms with Gasteiger partial charge in [-0.25, -0.2) is 9.78 Å². The van der Waals surface area contributed by atoms with Crippen LogP contribution >= 0.6 is 0 Å². The van der Waals surface area contributed by atoms with Crippen molar-refractivity contribution in [2.24, 2.45) is 0 Å². The van der Waals surface area contributed by atoms with Gasteiger partial charge in [0.05, 0.1) is 12.7 Å². The van der Waals surface area contributed by atoms with Crippen LogP contribution in [-0.2, 0) is 24.2 Å². The molecule has 0 unspecified atom stereocenters. The third-order valence-corrected chi connectivity index (χ3v) is 4.01. The van der Waals surface area contributed by atoms with Crippen molar-refractivity contribution >= 4 is 11.8 Å². The summed E-state index contributed by atoms with van der Waals surface area (Å²) < 4.78 is 4.89. The molecule has 5 nitrogen and oxygen atoms in total. The number of anilines is 1. The number of methoxy groups -OCH3 is 1. The van der Waals surface area contributed by atoms with Crippen LogP contribution in [0, 0.1) is 0 Å². The summed E-state index contributed by atoms with van der Waals surface area (Å²) in [5.41, 5.74) is 9.83. The fourth-order valence-electron chi connectivity index (χ4n) is 2.92. The molecular formula is C17H19N3O2. The van der Waals surface area contributed by atoms with Gasteiger partial charge in [-0.15, -0.1) is 0 Å². The van der Waals surface area contributed by atoms with Gasteiger partial charge in [0.1, 0.15) is 5.82 Å². The van der Waals surface area contributed by atoms with Crippen molar-refractivity contribution in [3.8, 4) is 0 Å². The number of rotatable bonds is 3. The van der Waals surface area contributed by atoms with E-state index in [1.54, 1.807) is 6.20 Å². The van der Waals surface area contributed by atoms with Gasteiger partial charge >= 0.3 is 5.97 Å². The van der Waals surface area contributed by atoms with Crippen molar-refractivity contribution in [3.05, 3.63) is 58.8 Å². The Hall–Kier alpha value is -2.40. The summed E-state index contributed by atoms with van der Waals surface area (Å²) in [4.78, 5) is 18.3. The lowest BCUT2D eigenvalue weighted by molar-refractivity contribution is 0.0597. The molecule has 22 heavy (non-hydrogen) atoms. The molecule has 1 aliphatic rings. The largest absolute Gasteiger partial charge is 0.465 e. The zero-order valence-electron chi connectivity index (χ0n) is 12.6. The minimum absolute atomic E-state index is 0.271. The van der Waals surface area contributed by atoms with Gasteiger partial charge in [-0.2, -0.15) is 0 Å². The van der Waals surface area contributed by atoms with Gasteiger partial charge in [0.2, 0.25) is 0 Å². The quantitative estimate of drug-likeness (QED) is 0.878. The highest BCUT2D eigenvalue weighted by Gasteiger charge is 2.22. The predicted molar refractivity (Wildman–Crippen MR) is 84.2 cm³/mol. The van der Waals surface area contributed by atoms with Crippen LogP contribution in [0.3, 0.4) is 0 Å². The van der Waals surface area contributed by atoms with Crippen LogP contribution in [0.5, 0.6) is 0 Å². The molecule has 0 saturated carbocycles. The van der Waals surface area contributed by atoms with Gasteiger partial charge in [0.25, 0.3) is 0 Å². The monoisotopic (exact) mass is 297 g/mol. The number of hydrogen-bond acceptors (Lipinski definition) is 5. The summed E-state index contributed by atoms with van der Waals surface area (Å²) in [6, 6.07) is 9.70. The lowest BCUT2D eigenvalue weighted by Crippen LogP contribution is -2.31. The van der Waals surface area contributed by atoms with E-state index in [9.17, 15) is 4.79 Å². The highest BCUT2D eigenvalue weighted by atomic mass is 16.5. The normalized spacial score (nSPS) is 14.4. The number of nitrogens with zero attached hydrogens (tertiary/aromatic N) is 2. The highest BCUT2D eigenvalue weighted by Crippen LogP contribution is 2.24. The molecule has 1 aromatic heterocycles. The molecule has 0 fully saturated rings. The maximum atomic E-state index is 11.9. The molecule has 0 atom stereocenters. The van der Waals surface area contributed by atoms with Crippen LogP contribution in [0.15, 0.2) is 36.5 Å². The Morgan fingerprint density at radius 1 is 1.41 bits per heavy atom. The van der Waals surface area contributed by atoms with Crippen LogP contribution in [-0.4, -0.2) is 29.5 Å². The molecule has 2 heterocycles. The third kappa shape index (κ3) is 2.94. The number of carbonyl (C=O) groups is 1. The molecule has 0 spiro atoms. The third-order valence-electron chi connectivity index (χ3n) is 4.01. The molecule has 0 radical (unpaired) electrons. The Morgan fingerprint density at radius 2 is 2.27 bits per heavy atom. The second kappa shape index (κ2) is 6.15. The lowest BCUT2D eigenvalue weighted by atomic mass is 9.94. The summed E-state index contributed by atoms with van der Waals surface area (Å²) in [7, 11) is 1.42. The second-order valence-corrected chi connectivity index (χ2v) is 5.48. The van der Waals surface area contributed by atoms with Crippen LogP contribution in [0.25, 0.3) is 0 Å². The number of pyridine rings is 1. The zero-order chi connectivity index (χ0) is 15.5. The first kappa shape index (κ1) is 14.5. The number of hydrogen-bond donors (Lipinski definition) is 1. The number of aromatic nitrogens is 1. The van der Waals surface area contributed by atoms with E-state index in [-0.39, 0.29) is 5.97 Å². The van der Waals surface area contributed by atoms with Gasteiger partial charge in [0.15, 0.2) is 0 Å². The Kier molecular flexibility index (Phi) is 4.06. The van der Waals surface area contributed by atoms with E-state index in [1.807, 2.05) is 24.3 Å². The van der Waals surface area contributed by atoms with E-state index in [0.29, 0.717) is 11.4 Å². The molecule has 5 heteroatoms.